The van der Waals surface area contributed by atoms with Crippen LogP contribution >= 0.6 is 0 Å². The average molecular weight is 392 g/mol. The number of carbonyl (C=O) groups is 1. The third-order valence-corrected chi connectivity index (χ3v) is 4.72. The van der Waals surface area contributed by atoms with Crippen LogP contribution < -0.4 is 25.4 Å². The standard InChI is InChI=1S/C20H33N5O3/c1-21-19(26)15-25-11-8-16(9-12-25)24-20(22-2)23-10-5-13-28-18-7-4-6-17(14-18)27-3/h4,6-7,14,16H,5,8-13,15H2,1-3H3,(H,21,26)(H2,22,23,24). The van der Waals surface area contributed by atoms with Crippen molar-refractivity contribution in [2.24, 2.45) is 4.99 Å². The van der Waals surface area contributed by atoms with Crippen molar-refractivity contribution in [1.82, 2.24) is 20.9 Å². The van der Waals surface area contributed by atoms with Crippen molar-refractivity contribution in [3.8, 4) is 11.5 Å². The molecule has 0 aromatic heterocycles. The van der Waals surface area contributed by atoms with E-state index < -0.39 is 0 Å². The molecule has 1 amide bonds. The molecule has 0 atom stereocenters. The van der Waals surface area contributed by atoms with Crippen molar-refractivity contribution < 1.29 is 14.3 Å². The van der Waals surface area contributed by atoms with Gasteiger partial charge in [0.05, 0.1) is 20.3 Å². The normalized spacial score (nSPS) is 15.8. The van der Waals surface area contributed by atoms with Gasteiger partial charge in [-0.2, -0.15) is 0 Å². The van der Waals surface area contributed by atoms with Crippen molar-refractivity contribution in [1.29, 1.82) is 0 Å². The molecule has 8 nitrogen and oxygen atoms in total. The zero-order valence-corrected chi connectivity index (χ0v) is 17.2. The Bertz CT molecular complexity index is 630. The second-order valence-corrected chi connectivity index (χ2v) is 6.75. The van der Waals surface area contributed by atoms with Crippen LogP contribution in [0.5, 0.6) is 11.5 Å². The molecule has 2 rings (SSSR count). The topological polar surface area (TPSA) is 87.2 Å². The minimum absolute atomic E-state index is 0.0695. The first-order chi connectivity index (χ1) is 13.6. The Labute approximate surface area is 167 Å². The fourth-order valence-corrected chi connectivity index (χ4v) is 3.07. The number of rotatable bonds is 9. The average Bonchev–Trinajstić information content (AvgIpc) is 2.73. The molecule has 156 valence electrons. The number of likely N-dealkylation sites (N-methyl/N-ethyl adjacent to an activating group) is 1. The van der Waals surface area contributed by atoms with Gasteiger partial charge in [-0.1, -0.05) is 6.07 Å². The molecule has 0 spiro atoms. The molecule has 1 aliphatic rings. The Morgan fingerprint density at radius 3 is 2.71 bits per heavy atom. The van der Waals surface area contributed by atoms with Gasteiger partial charge in [0, 0.05) is 45.8 Å². The fourth-order valence-electron chi connectivity index (χ4n) is 3.07. The minimum atomic E-state index is 0.0695. The second kappa shape index (κ2) is 12.1. The Morgan fingerprint density at radius 1 is 1.29 bits per heavy atom. The number of hydrogen-bond acceptors (Lipinski definition) is 5. The minimum Gasteiger partial charge on any atom is -0.497 e. The number of aliphatic imine (C=N–C) groups is 1. The van der Waals surface area contributed by atoms with Crippen molar-refractivity contribution in [2.45, 2.75) is 25.3 Å². The first-order valence-electron chi connectivity index (χ1n) is 9.81. The maximum absolute atomic E-state index is 11.5. The first kappa shape index (κ1) is 21.8. The van der Waals surface area contributed by atoms with Crippen LogP contribution in [-0.2, 0) is 4.79 Å². The van der Waals surface area contributed by atoms with E-state index in [4.69, 9.17) is 9.47 Å². The second-order valence-electron chi connectivity index (χ2n) is 6.75. The summed E-state index contributed by atoms with van der Waals surface area (Å²) in [4.78, 5) is 18.0. The molecule has 0 aliphatic carbocycles. The van der Waals surface area contributed by atoms with E-state index in [9.17, 15) is 4.79 Å². The van der Waals surface area contributed by atoms with Crippen molar-refractivity contribution in [3.63, 3.8) is 0 Å². The van der Waals surface area contributed by atoms with Crippen LogP contribution in [0.2, 0.25) is 0 Å². The molecule has 1 fully saturated rings. The highest BCUT2D eigenvalue weighted by molar-refractivity contribution is 5.80. The molecule has 0 unspecified atom stereocenters. The molecule has 1 aromatic carbocycles. The number of ether oxygens (including phenoxy) is 2. The number of carbonyl (C=O) groups excluding carboxylic acids is 1. The smallest absolute Gasteiger partial charge is 0.233 e. The van der Waals surface area contributed by atoms with Crippen LogP contribution in [0.15, 0.2) is 29.3 Å². The van der Waals surface area contributed by atoms with Crippen molar-refractivity contribution in [3.05, 3.63) is 24.3 Å². The summed E-state index contributed by atoms with van der Waals surface area (Å²) >= 11 is 0. The number of nitrogens with zero attached hydrogens (tertiary/aromatic N) is 2. The lowest BCUT2D eigenvalue weighted by atomic mass is 10.1. The Morgan fingerprint density at radius 2 is 2.04 bits per heavy atom. The summed E-state index contributed by atoms with van der Waals surface area (Å²) in [6.45, 7) is 3.70. The summed E-state index contributed by atoms with van der Waals surface area (Å²) in [5.41, 5.74) is 0. The Kier molecular flexibility index (Phi) is 9.41. The summed E-state index contributed by atoms with van der Waals surface area (Å²) < 4.78 is 10.9. The van der Waals surface area contributed by atoms with Gasteiger partial charge in [0.1, 0.15) is 11.5 Å². The lowest BCUT2D eigenvalue weighted by molar-refractivity contribution is -0.122. The van der Waals surface area contributed by atoms with Crippen LogP contribution in [0.25, 0.3) is 0 Å². The van der Waals surface area contributed by atoms with Gasteiger partial charge in [-0.25, -0.2) is 0 Å². The highest BCUT2D eigenvalue weighted by Gasteiger charge is 2.21. The number of hydrogen-bond donors (Lipinski definition) is 3. The molecule has 1 aromatic rings. The number of benzene rings is 1. The van der Waals surface area contributed by atoms with E-state index in [0.717, 1.165) is 56.4 Å². The van der Waals surface area contributed by atoms with Gasteiger partial charge >= 0.3 is 0 Å². The summed E-state index contributed by atoms with van der Waals surface area (Å²) in [5.74, 6) is 2.48. The van der Waals surface area contributed by atoms with Gasteiger partial charge in [0.15, 0.2) is 5.96 Å². The predicted octanol–water partition coefficient (Wildman–Crippen LogP) is 0.840. The van der Waals surface area contributed by atoms with Gasteiger partial charge in [-0.3, -0.25) is 14.7 Å². The highest BCUT2D eigenvalue weighted by atomic mass is 16.5. The Hall–Kier alpha value is -2.48. The van der Waals surface area contributed by atoms with E-state index in [1.807, 2.05) is 24.3 Å². The summed E-state index contributed by atoms with van der Waals surface area (Å²) in [7, 11) is 5.10. The van der Waals surface area contributed by atoms with Crippen molar-refractivity contribution >= 4 is 11.9 Å². The van der Waals surface area contributed by atoms with Gasteiger partial charge in [0.25, 0.3) is 0 Å². The number of likely N-dealkylation sites (tertiary alicyclic amines) is 1. The maximum atomic E-state index is 11.5. The molecular formula is C20H33N5O3. The SMILES string of the molecule is CN=C(NCCCOc1cccc(OC)c1)NC1CCN(CC(=O)NC)CC1. The lowest BCUT2D eigenvalue weighted by Gasteiger charge is -2.32. The van der Waals surface area contributed by atoms with Crippen LogP contribution in [-0.4, -0.2) is 76.8 Å². The van der Waals surface area contributed by atoms with Gasteiger partial charge in [-0.15, -0.1) is 0 Å². The molecule has 1 aliphatic heterocycles. The van der Waals surface area contributed by atoms with E-state index in [1.54, 1.807) is 21.2 Å². The van der Waals surface area contributed by atoms with Crippen molar-refractivity contribution in [2.75, 3.05) is 54.0 Å². The van der Waals surface area contributed by atoms with E-state index in [0.29, 0.717) is 19.2 Å². The van der Waals surface area contributed by atoms with Gasteiger partial charge in [0.2, 0.25) is 5.91 Å². The fraction of sp³-hybridized carbons (Fsp3) is 0.600. The lowest BCUT2D eigenvalue weighted by Crippen LogP contribution is -2.50. The zero-order chi connectivity index (χ0) is 20.2. The number of nitrogens with one attached hydrogen (secondary N) is 3. The van der Waals surface area contributed by atoms with Crippen LogP contribution in [0.3, 0.4) is 0 Å². The highest BCUT2D eigenvalue weighted by Crippen LogP contribution is 2.18. The maximum Gasteiger partial charge on any atom is 0.233 e. The molecule has 0 bridgehead atoms. The molecule has 0 radical (unpaired) electrons. The first-order valence-corrected chi connectivity index (χ1v) is 9.81. The van der Waals surface area contributed by atoms with Crippen LogP contribution in [0.1, 0.15) is 19.3 Å². The van der Waals surface area contributed by atoms with E-state index >= 15 is 0 Å². The van der Waals surface area contributed by atoms with E-state index in [1.165, 1.54) is 0 Å². The molecule has 28 heavy (non-hydrogen) atoms. The van der Waals surface area contributed by atoms with E-state index in [-0.39, 0.29) is 5.91 Å². The molecular weight excluding hydrogens is 358 g/mol. The molecule has 8 heteroatoms. The van der Waals surface area contributed by atoms with Crippen LogP contribution in [0.4, 0.5) is 0 Å². The monoisotopic (exact) mass is 391 g/mol. The predicted molar refractivity (Wildman–Crippen MR) is 111 cm³/mol. The third-order valence-electron chi connectivity index (χ3n) is 4.72. The zero-order valence-electron chi connectivity index (χ0n) is 17.2. The van der Waals surface area contributed by atoms with Gasteiger partial charge < -0.3 is 25.4 Å². The third kappa shape index (κ3) is 7.64. The van der Waals surface area contributed by atoms with E-state index in [2.05, 4.69) is 25.8 Å². The molecule has 1 saturated heterocycles. The number of piperidine rings is 1. The number of guanidine groups is 1. The molecule has 1 heterocycles. The van der Waals surface area contributed by atoms with Crippen LogP contribution in [0, 0.1) is 0 Å². The quantitative estimate of drug-likeness (QED) is 0.329. The molecule has 3 N–H and O–H groups in total. The molecule has 0 saturated carbocycles. The largest absolute Gasteiger partial charge is 0.497 e. The summed E-state index contributed by atoms with van der Waals surface area (Å²) in [6.07, 6.45) is 2.86. The summed E-state index contributed by atoms with van der Waals surface area (Å²) in [5, 5.41) is 9.48. The number of amides is 1. The van der Waals surface area contributed by atoms with Gasteiger partial charge in [-0.05, 0) is 31.4 Å². The Balaban J connectivity index is 1.61. The summed E-state index contributed by atoms with van der Waals surface area (Å²) in [6, 6.07) is 7.99. The number of methoxy groups -OCH3 is 1.